The van der Waals surface area contributed by atoms with Crippen molar-refractivity contribution in [3.8, 4) is 0 Å². The lowest BCUT2D eigenvalue weighted by Gasteiger charge is -1.97. The van der Waals surface area contributed by atoms with E-state index in [2.05, 4.69) is 0 Å². The van der Waals surface area contributed by atoms with Crippen molar-refractivity contribution in [2.45, 2.75) is 19.4 Å². The van der Waals surface area contributed by atoms with Gasteiger partial charge in [-0.2, -0.15) is 0 Å². The van der Waals surface area contributed by atoms with Crippen LogP contribution in [-0.2, 0) is 6.42 Å². The molecule has 0 aliphatic rings. The fourth-order valence-electron chi connectivity index (χ4n) is 1.47. The molecular weight excluding hydrogens is 183 g/mol. The second-order valence-corrected chi connectivity index (χ2v) is 3.42. The van der Waals surface area contributed by atoms with Crippen LogP contribution in [0.2, 0.25) is 0 Å². The van der Waals surface area contributed by atoms with Crippen molar-refractivity contribution < 1.29 is 13.9 Å². The van der Waals surface area contributed by atoms with E-state index in [1.54, 1.807) is 25.1 Å². The quantitative estimate of drug-likeness (QED) is 0.796. The van der Waals surface area contributed by atoms with E-state index in [0.717, 1.165) is 0 Å². The van der Waals surface area contributed by atoms with Crippen LogP contribution < -0.4 is 0 Å². The number of hydrogen-bond donors (Lipinski definition) is 1. The van der Waals surface area contributed by atoms with Gasteiger partial charge in [-0.15, -0.1) is 0 Å². The van der Waals surface area contributed by atoms with Crippen molar-refractivity contribution in [2.24, 2.45) is 0 Å². The predicted molar refractivity (Wildman–Crippen MR) is 51.6 cm³/mol. The standard InChI is InChI=1S/C11H11FO2/c1-7(13)5-8-6-9-10(12)3-2-4-11(9)14-8/h2-4,6-7,13H,5H2,1H3. The molecule has 1 unspecified atom stereocenters. The summed E-state index contributed by atoms with van der Waals surface area (Å²) in [6.45, 7) is 1.67. The summed E-state index contributed by atoms with van der Waals surface area (Å²) in [6, 6.07) is 6.35. The average molecular weight is 194 g/mol. The average Bonchev–Trinajstić information content (AvgIpc) is 2.47. The molecule has 2 aromatic rings. The zero-order valence-electron chi connectivity index (χ0n) is 7.83. The summed E-state index contributed by atoms with van der Waals surface area (Å²) in [6.07, 6.45) is -0.0627. The SMILES string of the molecule is CC(O)Cc1cc2c(F)cccc2o1. The van der Waals surface area contributed by atoms with Crippen LogP contribution in [0.25, 0.3) is 11.0 Å². The van der Waals surface area contributed by atoms with Crippen LogP contribution in [-0.4, -0.2) is 11.2 Å². The number of halogens is 1. The summed E-state index contributed by atoms with van der Waals surface area (Å²) in [5.74, 6) is 0.322. The van der Waals surface area contributed by atoms with Crippen molar-refractivity contribution in [1.82, 2.24) is 0 Å². The lowest BCUT2D eigenvalue weighted by atomic mass is 10.2. The van der Waals surface area contributed by atoms with Crippen LogP contribution >= 0.6 is 0 Å². The highest BCUT2D eigenvalue weighted by Crippen LogP contribution is 2.22. The molecule has 0 saturated heterocycles. The first-order valence-corrected chi connectivity index (χ1v) is 4.52. The van der Waals surface area contributed by atoms with E-state index in [1.807, 2.05) is 0 Å². The zero-order valence-corrected chi connectivity index (χ0v) is 7.83. The van der Waals surface area contributed by atoms with Gasteiger partial charge in [0.2, 0.25) is 0 Å². The molecule has 1 aromatic heterocycles. The Labute approximate surface area is 81.0 Å². The van der Waals surface area contributed by atoms with Gasteiger partial charge in [0.05, 0.1) is 11.5 Å². The van der Waals surface area contributed by atoms with Gasteiger partial charge in [0.1, 0.15) is 17.2 Å². The van der Waals surface area contributed by atoms with Crippen molar-refractivity contribution in [3.05, 3.63) is 35.8 Å². The van der Waals surface area contributed by atoms with Gasteiger partial charge >= 0.3 is 0 Å². The van der Waals surface area contributed by atoms with Gasteiger partial charge < -0.3 is 9.52 Å². The van der Waals surface area contributed by atoms with Crippen LogP contribution in [0.15, 0.2) is 28.7 Å². The van der Waals surface area contributed by atoms with Crippen LogP contribution in [0.4, 0.5) is 4.39 Å². The second-order valence-electron chi connectivity index (χ2n) is 3.42. The van der Waals surface area contributed by atoms with Gasteiger partial charge in [-0.05, 0) is 25.1 Å². The van der Waals surface area contributed by atoms with Crippen molar-refractivity contribution in [2.75, 3.05) is 0 Å². The van der Waals surface area contributed by atoms with E-state index >= 15 is 0 Å². The topological polar surface area (TPSA) is 33.4 Å². The summed E-state index contributed by atoms with van der Waals surface area (Å²) in [7, 11) is 0. The first-order chi connectivity index (χ1) is 6.66. The maximum Gasteiger partial charge on any atom is 0.137 e. The van der Waals surface area contributed by atoms with E-state index in [1.165, 1.54) is 6.07 Å². The van der Waals surface area contributed by atoms with Gasteiger partial charge in [-0.1, -0.05) is 6.07 Å². The monoisotopic (exact) mass is 194 g/mol. The lowest BCUT2D eigenvalue weighted by Crippen LogP contribution is -2.02. The van der Waals surface area contributed by atoms with Crippen LogP contribution in [0.3, 0.4) is 0 Å². The molecule has 0 fully saturated rings. The first-order valence-electron chi connectivity index (χ1n) is 4.52. The summed E-state index contributed by atoms with van der Waals surface area (Å²) >= 11 is 0. The third-order valence-corrected chi connectivity index (χ3v) is 2.06. The highest BCUT2D eigenvalue weighted by Gasteiger charge is 2.08. The van der Waals surface area contributed by atoms with Gasteiger partial charge in [0, 0.05) is 6.42 Å². The highest BCUT2D eigenvalue weighted by atomic mass is 19.1. The Morgan fingerprint density at radius 2 is 2.29 bits per heavy atom. The maximum atomic E-state index is 13.2. The number of aliphatic hydroxyl groups is 1. The van der Waals surface area contributed by atoms with Crippen LogP contribution in [0.5, 0.6) is 0 Å². The highest BCUT2D eigenvalue weighted by molar-refractivity contribution is 5.78. The maximum absolute atomic E-state index is 13.2. The van der Waals surface area contributed by atoms with E-state index in [4.69, 9.17) is 9.52 Å². The van der Waals surface area contributed by atoms with Gasteiger partial charge in [0.25, 0.3) is 0 Å². The smallest absolute Gasteiger partial charge is 0.137 e. The minimum Gasteiger partial charge on any atom is -0.461 e. The molecule has 0 saturated carbocycles. The van der Waals surface area contributed by atoms with Crippen molar-refractivity contribution >= 4 is 11.0 Å². The minimum absolute atomic E-state index is 0.289. The fourth-order valence-corrected chi connectivity index (χ4v) is 1.47. The van der Waals surface area contributed by atoms with E-state index < -0.39 is 6.10 Å². The largest absolute Gasteiger partial charge is 0.461 e. The molecule has 0 aliphatic carbocycles. The molecule has 0 spiro atoms. The molecule has 0 bridgehead atoms. The van der Waals surface area contributed by atoms with E-state index in [0.29, 0.717) is 23.2 Å². The predicted octanol–water partition coefficient (Wildman–Crippen LogP) is 2.50. The molecule has 0 radical (unpaired) electrons. The molecule has 1 aromatic carbocycles. The second kappa shape index (κ2) is 3.42. The number of benzene rings is 1. The molecule has 1 N–H and O–H groups in total. The molecule has 1 atom stereocenters. The molecule has 14 heavy (non-hydrogen) atoms. The van der Waals surface area contributed by atoms with Gasteiger partial charge in [0.15, 0.2) is 0 Å². The Morgan fingerprint density at radius 3 is 2.93 bits per heavy atom. The fraction of sp³-hybridized carbons (Fsp3) is 0.273. The molecule has 0 aliphatic heterocycles. The molecular formula is C11H11FO2. The molecule has 2 rings (SSSR count). The molecule has 3 heteroatoms. The van der Waals surface area contributed by atoms with Gasteiger partial charge in [-0.3, -0.25) is 0 Å². The van der Waals surface area contributed by atoms with Gasteiger partial charge in [-0.25, -0.2) is 4.39 Å². The van der Waals surface area contributed by atoms with Crippen LogP contribution in [0.1, 0.15) is 12.7 Å². The summed E-state index contributed by atoms with van der Waals surface area (Å²) < 4.78 is 18.6. The lowest BCUT2D eigenvalue weighted by molar-refractivity contribution is 0.188. The zero-order chi connectivity index (χ0) is 10.1. The number of furan rings is 1. The normalized spacial score (nSPS) is 13.4. The molecule has 1 heterocycles. The third kappa shape index (κ3) is 1.63. The van der Waals surface area contributed by atoms with E-state index in [-0.39, 0.29) is 5.82 Å². The molecule has 2 nitrogen and oxygen atoms in total. The Kier molecular flexibility index (Phi) is 2.25. The van der Waals surface area contributed by atoms with Crippen molar-refractivity contribution in [3.63, 3.8) is 0 Å². The summed E-state index contributed by atoms with van der Waals surface area (Å²) in [5, 5.41) is 9.62. The number of hydrogen-bond acceptors (Lipinski definition) is 2. The first kappa shape index (κ1) is 9.21. The molecule has 0 amide bonds. The number of fused-ring (bicyclic) bond motifs is 1. The number of aliphatic hydroxyl groups excluding tert-OH is 1. The minimum atomic E-state index is -0.473. The third-order valence-electron chi connectivity index (χ3n) is 2.06. The summed E-state index contributed by atoms with van der Waals surface area (Å²) in [5.41, 5.74) is 0.528. The Balaban J connectivity index is 2.46. The van der Waals surface area contributed by atoms with Crippen molar-refractivity contribution in [1.29, 1.82) is 0 Å². The van der Waals surface area contributed by atoms with Crippen LogP contribution in [0, 0.1) is 5.82 Å². The summed E-state index contributed by atoms with van der Waals surface area (Å²) in [4.78, 5) is 0. The Morgan fingerprint density at radius 1 is 1.50 bits per heavy atom. The Hall–Kier alpha value is -1.35. The molecule has 74 valence electrons. The Bertz CT molecular complexity index is 445. The van der Waals surface area contributed by atoms with E-state index in [9.17, 15) is 4.39 Å². The number of rotatable bonds is 2.